The van der Waals surface area contributed by atoms with Gasteiger partial charge in [0.1, 0.15) is 11.5 Å². The van der Waals surface area contributed by atoms with Crippen molar-refractivity contribution >= 4 is 10.1 Å². The standard InChI is InChI=1S/C18H22O5S.K/c1-2-3-4-5-7-14-12-16(10-11-18(14)19)23-15-8-6-9-17(13-15)24(20,21)22;/h6,8-13,19H,2-5,7H2,1H3,(H,20,21,22);/q;+1/p-1. The Morgan fingerprint density at radius 1 is 1.04 bits per heavy atom. The molecule has 0 aliphatic rings. The van der Waals surface area contributed by atoms with Crippen molar-refractivity contribution in [3.05, 3.63) is 48.0 Å². The molecule has 1 N–H and O–H groups in total. The number of rotatable bonds is 8. The summed E-state index contributed by atoms with van der Waals surface area (Å²) in [7, 11) is -4.28. The van der Waals surface area contributed by atoms with E-state index in [0.717, 1.165) is 25.7 Å². The maximum Gasteiger partial charge on any atom is 1.00 e. The summed E-state index contributed by atoms with van der Waals surface area (Å²) in [5.74, 6) is 0.721. The van der Waals surface area contributed by atoms with Crippen LogP contribution in [-0.4, -0.2) is 13.0 Å². The number of unbranched alkanes of at least 4 members (excludes halogenated alkanes) is 3. The minimum absolute atomic E-state index is 0. The average Bonchev–Trinajstić information content (AvgIpc) is 2.54. The van der Waals surface area contributed by atoms with Gasteiger partial charge in [-0.3, -0.25) is 4.55 Å². The second-order valence-electron chi connectivity index (χ2n) is 5.63. The van der Waals surface area contributed by atoms with Gasteiger partial charge in [0.2, 0.25) is 0 Å². The van der Waals surface area contributed by atoms with Crippen molar-refractivity contribution < 1.29 is 74.2 Å². The molecule has 0 atom stereocenters. The summed E-state index contributed by atoms with van der Waals surface area (Å²) in [4.78, 5) is -0.236. The Kier molecular flexibility index (Phi) is 9.65. The Morgan fingerprint density at radius 3 is 2.44 bits per heavy atom. The van der Waals surface area contributed by atoms with E-state index in [1.165, 1.54) is 24.3 Å². The molecule has 0 fully saturated rings. The monoisotopic (exact) mass is 388 g/mol. The van der Waals surface area contributed by atoms with Gasteiger partial charge in [-0.25, -0.2) is 0 Å². The molecule has 0 aliphatic carbocycles. The molecule has 25 heavy (non-hydrogen) atoms. The fourth-order valence-electron chi connectivity index (χ4n) is 2.39. The van der Waals surface area contributed by atoms with E-state index >= 15 is 0 Å². The van der Waals surface area contributed by atoms with Gasteiger partial charge in [0.15, 0.2) is 0 Å². The van der Waals surface area contributed by atoms with Gasteiger partial charge in [-0.2, -0.15) is 8.42 Å². The topological polar surface area (TPSA) is 86.7 Å². The SMILES string of the molecule is CCCCCCc1cc(Oc2cccc(S(=O)(=O)O)c2)ccc1[O-].[K+]. The van der Waals surface area contributed by atoms with Crippen molar-refractivity contribution in [2.24, 2.45) is 0 Å². The summed E-state index contributed by atoms with van der Waals surface area (Å²) >= 11 is 0. The molecular formula is C18H21KO5S. The van der Waals surface area contributed by atoms with Crippen LogP contribution in [0.3, 0.4) is 0 Å². The maximum absolute atomic E-state index is 11.9. The fourth-order valence-corrected chi connectivity index (χ4v) is 2.91. The molecule has 5 nitrogen and oxygen atoms in total. The van der Waals surface area contributed by atoms with Gasteiger partial charge in [0.25, 0.3) is 10.1 Å². The molecule has 0 radical (unpaired) electrons. The van der Waals surface area contributed by atoms with E-state index in [0.29, 0.717) is 17.7 Å². The van der Waals surface area contributed by atoms with Crippen LogP contribution in [0.1, 0.15) is 38.2 Å². The van der Waals surface area contributed by atoms with Crippen molar-refractivity contribution in [2.75, 3.05) is 0 Å². The maximum atomic E-state index is 11.9. The van der Waals surface area contributed by atoms with Crippen LogP contribution in [0.2, 0.25) is 0 Å². The normalized spacial score (nSPS) is 11.0. The summed E-state index contributed by atoms with van der Waals surface area (Å²) in [5, 5.41) is 11.9. The molecule has 130 valence electrons. The van der Waals surface area contributed by atoms with Crippen LogP contribution in [0.5, 0.6) is 17.2 Å². The van der Waals surface area contributed by atoms with Crippen LogP contribution >= 0.6 is 0 Å². The third-order valence-electron chi connectivity index (χ3n) is 3.67. The molecule has 0 saturated heterocycles. The van der Waals surface area contributed by atoms with Gasteiger partial charge in [-0.1, -0.05) is 43.9 Å². The smallest absolute Gasteiger partial charge is 0.872 e. The van der Waals surface area contributed by atoms with Gasteiger partial charge >= 0.3 is 51.4 Å². The second-order valence-corrected chi connectivity index (χ2v) is 7.05. The number of hydrogen-bond donors (Lipinski definition) is 1. The molecule has 2 aromatic carbocycles. The Morgan fingerprint density at radius 2 is 1.76 bits per heavy atom. The van der Waals surface area contributed by atoms with E-state index in [2.05, 4.69) is 6.92 Å². The predicted octanol–water partition coefficient (Wildman–Crippen LogP) is 0.926. The molecule has 0 amide bonds. The molecule has 7 heteroatoms. The zero-order valence-electron chi connectivity index (χ0n) is 14.6. The molecular weight excluding hydrogens is 367 g/mol. The molecule has 0 aromatic heterocycles. The van der Waals surface area contributed by atoms with Gasteiger partial charge in [-0.05, 0) is 37.1 Å². The van der Waals surface area contributed by atoms with Gasteiger partial charge in [-0.15, -0.1) is 5.75 Å². The molecule has 0 bridgehead atoms. The van der Waals surface area contributed by atoms with E-state index in [1.807, 2.05) is 0 Å². The van der Waals surface area contributed by atoms with Crippen LogP contribution < -0.4 is 61.2 Å². The zero-order chi connectivity index (χ0) is 17.6. The predicted molar refractivity (Wildman–Crippen MR) is 90.1 cm³/mol. The molecule has 0 heterocycles. The van der Waals surface area contributed by atoms with E-state index in [-0.39, 0.29) is 67.8 Å². The average molecular weight is 389 g/mol. The molecule has 0 unspecified atom stereocenters. The van der Waals surface area contributed by atoms with Crippen molar-refractivity contribution in [1.29, 1.82) is 0 Å². The fraction of sp³-hybridized carbons (Fsp3) is 0.333. The van der Waals surface area contributed by atoms with Crippen LogP contribution in [0.4, 0.5) is 0 Å². The summed E-state index contributed by atoms with van der Waals surface area (Å²) in [6, 6.07) is 10.3. The molecule has 0 aliphatic heterocycles. The third-order valence-corrected chi connectivity index (χ3v) is 4.52. The summed E-state index contributed by atoms with van der Waals surface area (Å²) in [6.07, 6.45) is 5.01. The van der Waals surface area contributed by atoms with Crippen molar-refractivity contribution in [1.82, 2.24) is 0 Å². The minimum Gasteiger partial charge on any atom is -0.872 e. The van der Waals surface area contributed by atoms with Crippen LogP contribution in [0.25, 0.3) is 0 Å². The first-order valence-corrected chi connectivity index (χ1v) is 9.39. The Hall–Kier alpha value is -0.414. The zero-order valence-corrected chi connectivity index (χ0v) is 18.5. The number of hydrogen-bond acceptors (Lipinski definition) is 4. The quantitative estimate of drug-likeness (QED) is 0.413. The van der Waals surface area contributed by atoms with Crippen LogP contribution in [-0.2, 0) is 16.5 Å². The van der Waals surface area contributed by atoms with Gasteiger partial charge in [0.05, 0.1) is 4.90 Å². The Bertz CT molecular complexity index is 790. The number of aryl methyl sites for hydroxylation is 1. The Balaban J connectivity index is 0.00000312. The van der Waals surface area contributed by atoms with Crippen molar-refractivity contribution in [2.45, 2.75) is 43.9 Å². The third kappa shape index (κ3) is 7.38. The number of benzene rings is 2. The van der Waals surface area contributed by atoms with Crippen LogP contribution in [0.15, 0.2) is 47.4 Å². The summed E-state index contributed by atoms with van der Waals surface area (Å²) in [6.45, 7) is 2.13. The van der Waals surface area contributed by atoms with Crippen LogP contribution in [0, 0.1) is 0 Å². The van der Waals surface area contributed by atoms with E-state index in [1.54, 1.807) is 18.2 Å². The van der Waals surface area contributed by atoms with E-state index in [9.17, 15) is 13.5 Å². The first-order chi connectivity index (χ1) is 11.4. The van der Waals surface area contributed by atoms with Crippen molar-refractivity contribution in [3.63, 3.8) is 0 Å². The van der Waals surface area contributed by atoms with Gasteiger partial charge in [0, 0.05) is 6.07 Å². The summed E-state index contributed by atoms with van der Waals surface area (Å²) in [5.41, 5.74) is 0.689. The molecule has 2 aromatic rings. The minimum atomic E-state index is -4.28. The number of ether oxygens (including phenoxy) is 1. The molecule has 2 rings (SSSR count). The van der Waals surface area contributed by atoms with Crippen molar-refractivity contribution in [3.8, 4) is 17.2 Å². The Labute approximate surface area is 191 Å². The first kappa shape index (κ1) is 22.6. The first-order valence-electron chi connectivity index (χ1n) is 7.95. The second kappa shape index (κ2) is 10.7. The molecule has 0 saturated carbocycles. The summed E-state index contributed by atoms with van der Waals surface area (Å²) < 4.78 is 37.0. The van der Waals surface area contributed by atoms with Gasteiger partial charge < -0.3 is 9.84 Å². The largest absolute Gasteiger partial charge is 1.00 e. The molecule has 0 spiro atoms. The van der Waals surface area contributed by atoms with E-state index < -0.39 is 10.1 Å². The van der Waals surface area contributed by atoms with E-state index in [4.69, 9.17) is 9.29 Å².